The van der Waals surface area contributed by atoms with Gasteiger partial charge < -0.3 is 21.1 Å². The van der Waals surface area contributed by atoms with Crippen LogP contribution < -0.4 is 11.1 Å². The highest BCUT2D eigenvalue weighted by Gasteiger charge is 2.36. The molecule has 1 aliphatic rings. The second kappa shape index (κ2) is 6.76. The van der Waals surface area contributed by atoms with Crippen LogP contribution in [0.5, 0.6) is 0 Å². The zero-order valence-electron chi connectivity index (χ0n) is 10.7. The average molecular weight is 289 g/mol. The van der Waals surface area contributed by atoms with E-state index in [0.29, 0.717) is 19.4 Å². The lowest BCUT2D eigenvalue weighted by Gasteiger charge is -2.26. The molecule has 1 fully saturated rings. The number of carbonyl (C=O) groups is 3. The number of carbonyl (C=O) groups excluding carboxylic acids is 2. The molecule has 1 aliphatic heterocycles. The molecule has 0 aromatic heterocycles. The van der Waals surface area contributed by atoms with E-state index in [0.717, 1.165) is 0 Å². The number of thiol groups is 1. The Kier molecular flexibility index (Phi) is 5.61. The van der Waals surface area contributed by atoms with Gasteiger partial charge in [-0.15, -0.1) is 0 Å². The highest BCUT2D eigenvalue weighted by Crippen LogP contribution is 2.18. The van der Waals surface area contributed by atoms with E-state index >= 15 is 0 Å². The number of nitrogens with one attached hydrogen (secondary N) is 1. The lowest BCUT2D eigenvalue weighted by molar-refractivity contribution is -0.143. The average Bonchev–Trinajstić information content (AvgIpc) is 2.85. The fraction of sp³-hybridized carbons (Fsp3) is 0.727. The summed E-state index contributed by atoms with van der Waals surface area (Å²) in [5.74, 6) is -1.69. The largest absolute Gasteiger partial charge is 0.480 e. The number of rotatable bonds is 5. The summed E-state index contributed by atoms with van der Waals surface area (Å²) in [4.78, 5) is 36.0. The van der Waals surface area contributed by atoms with E-state index in [1.165, 1.54) is 11.8 Å². The Hall–Kier alpha value is -1.28. The Balaban J connectivity index is 2.68. The van der Waals surface area contributed by atoms with Crippen LogP contribution in [-0.4, -0.2) is 58.2 Å². The monoisotopic (exact) mass is 289 g/mol. The van der Waals surface area contributed by atoms with Gasteiger partial charge >= 0.3 is 5.97 Å². The summed E-state index contributed by atoms with van der Waals surface area (Å²) in [6.07, 6.45) is 1.22. The summed E-state index contributed by atoms with van der Waals surface area (Å²) >= 11 is 3.96. The van der Waals surface area contributed by atoms with Crippen LogP contribution in [0.15, 0.2) is 0 Å². The van der Waals surface area contributed by atoms with E-state index in [1.807, 2.05) is 0 Å². The predicted molar refractivity (Wildman–Crippen MR) is 71.8 cm³/mol. The van der Waals surface area contributed by atoms with Crippen molar-refractivity contribution in [2.45, 2.75) is 37.9 Å². The molecule has 0 aromatic carbocycles. The van der Waals surface area contributed by atoms with Crippen molar-refractivity contribution in [2.75, 3.05) is 12.3 Å². The topological polar surface area (TPSA) is 113 Å². The second-order valence-corrected chi connectivity index (χ2v) is 4.91. The zero-order chi connectivity index (χ0) is 14.6. The molecule has 8 heteroatoms. The SMILES string of the molecule is CC(NC(=O)C1CCCN1C(=O)C(N)CS)C(=O)O. The van der Waals surface area contributed by atoms with Crippen molar-refractivity contribution in [1.29, 1.82) is 0 Å². The molecule has 0 spiro atoms. The molecule has 0 saturated carbocycles. The summed E-state index contributed by atoms with van der Waals surface area (Å²) in [5, 5.41) is 11.1. The first-order chi connectivity index (χ1) is 8.88. The minimum atomic E-state index is -1.11. The van der Waals surface area contributed by atoms with Crippen molar-refractivity contribution in [3.63, 3.8) is 0 Å². The Morgan fingerprint density at radius 3 is 2.68 bits per heavy atom. The van der Waals surface area contributed by atoms with Gasteiger partial charge in [0.1, 0.15) is 12.1 Å². The van der Waals surface area contributed by atoms with Gasteiger partial charge in [-0.05, 0) is 19.8 Å². The minimum Gasteiger partial charge on any atom is -0.480 e. The van der Waals surface area contributed by atoms with Gasteiger partial charge in [0.25, 0.3) is 0 Å². The molecule has 0 aromatic rings. The molecule has 108 valence electrons. The summed E-state index contributed by atoms with van der Waals surface area (Å²) < 4.78 is 0. The Morgan fingerprint density at radius 2 is 2.16 bits per heavy atom. The maximum Gasteiger partial charge on any atom is 0.325 e. The van der Waals surface area contributed by atoms with E-state index in [9.17, 15) is 14.4 Å². The fourth-order valence-corrected chi connectivity index (χ4v) is 2.12. The fourth-order valence-electron chi connectivity index (χ4n) is 1.97. The first-order valence-electron chi connectivity index (χ1n) is 6.08. The smallest absolute Gasteiger partial charge is 0.325 e. The molecule has 7 nitrogen and oxygen atoms in total. The first kappa shape index (κ1) is 15.8. The Morgan fingerprint density at radius 1 is 1.53 bits per heavy atom. The number of hydrogen-bond donors (Lipinski definition) is 4. The predicted octanol–water partition coefficient (Wildman–Crippen LogP) is -1.18. The van der Waals surface area contributed by atoms with Crippen molar-refractivity contribution in [2.24, 2.45) is 5.73 Å². The first-order valence-corrected chi connectivity index (χ1v) is 6.71. The van der Waals surface area contributed by atoms with Crippen molar-refractivity contribution < 1.29 is 19.5 Å². The molecule has 0 radical (unpaired) electrons. The minimum absolute atomic E-state index is 0.204. The molecule has 4 N–H and O–H groups in total. The van der Waals surface area contributed by atoms with E-state index in [-0.39, 0.29) is 11.7 Å². The van der Waals surface area contributed by atoms with E-state index in [2.05, 4.69) is 17.9 Å². The maximum absolute atomic E-state index is 12.0. The van der Waals surface area contributed by atoms with Gasteiger partial charge in [-0.2, -0.15) is 12.6 Å². The maximum atomic E-state index is 12.0. The zero-order valence-corrected chi connectivity index (χ0v) is 11.6. The van der Waals surface area contributed by atoms with E-state index in [4.69, 9.17) is 10.8 Å². The summed E-state index contributed by atoms with van der Waals surface area (Å²) in [7, 11) is 0. The normalized spacial score (nSPS) is 21.8. The van der Waals surface area contributed by atoms with Gasteiger partial charge in [-0.3, -0.25) is 14.4 Å². The second-order valence-electron chi connectivity index (χ2n) is 4.55. The summed E-state index contributed by atoms with van der Waals surface area (Å²) in [5.41, 5.74) is 5.61. The number of aliphatic carboxylic acids is 1. The van der Waals surface area contributed by atoms with Gasteiger partial charge in [-0.1, -0.05) is 0 Å². The van der Waals surface area contributed by atoms with E-state index < -0.39 is 30.0 Å². The van der Waals surface area contributed by atoms with Crippen LogP contribution in [0.4, 0.5) is 0 Å². The molecule has 1 heterocycles. The van der Waals surface area contributed by atoms with Crippen LogP contribution in [0, 0.1) is 0 Å². The lowest BCUT2D eigenvalue weighted by atomic mass is 10.1. The third-order valence-electron chi connectivity index (χ3n) is 3.08. The Labute approximate surface area is 116 Å². The highest BCUT2D eigenvalue weighted by molar-refractivity contribution is 7.80. The molecule has 0 aliphatic carbocycles. The van der Waals surface area contributed by atoms with Crippen molar-refractivity contribution in [3.05, 3.63) is 0 Å². The quantitative estimate of drug-likeness (QED) is 0.476. The van der Waals surface area contributed by atoms with Gasteiger partial charge in [0.2, 0.25) is 11.8 Å². The number of carboxylic acid groups (broad SMARTS) is 1. The summed E-state index contributed by atoms with van der Waals surface area (Å²) in [6.45, 7) is 1.83. The molecule has 0 bridgehead atoms. The van der Waals surface area contributed by atoms with Crippen molar-refractivity contribution in [1.82, 2.24) is 10.2 Å². The number of nitrogens with zero attached hydrogens (tertiary/aromatic N) is 1. The number of nitrogens with two attached hydrogens (primary N) is 1. The number of amides is 2. The standard InChI is InChI=1S/C11H19N3O4S/c1-6(11(17)18)13-9(15)8-3-2-4-14(8)10(16)7(12)5-19/h6-8,19H,2-5,12H2,1H3,(H,13,15)(H,17,18). The number of hydrogen-bond acceptors (Lipinski definition) is 5. The molecule has 1 saturated heterocycles. The van der Waals surface area contributed by atoms with Gasteiger partial charge in [0.05, 0.1) is 6.04 Å². The highest BCUT2D eigenvalue weighted by atomic mass is 32.1. The molecular weight excluding hydrogens is 270 g/mol. The van der Waals surface area contributed by atoms with Crippen LogP contribution >= 0.6 is 12.6 Å². The van der Waals surface area contributed by atoms with Crippen LogP contribution in [0.1, 0.15) is 19.8 Å². The molecule has 3 atom stereocenters. The third-order valence-corrected chi connectivity index (χ3v) is 3.48. The molecule has 19 heavy (non-hydrogen) atoms. The number of likely N-dealkylation sites (tertiary alicyclic amines) is 1. The van der Waals surface area contributed by atoms with Gasteiger partial charge in [0.15, 0.2) is 0 Å². The van der Waals surface area contributed by atoms with Crippen LogP contribution in [0.3, 0.4) is 0 Å². The molecule has 2 amide bonds. The van der Waals surface area contributed by atoms with Crippen molar-refractivity contribution >= 4 is 30.4 Å². The summed E-state index contributed by atoms with van der Waals surface area (Å²) in [6, 6.07) is -2.36. The molecule has 1 rings (SSSR count). The van der Waals surface area contributed by atoms with Gasteiger partial charge in [-0.25, -0.2) is 0 Å². The Bertz CT molecular complexity index is 377. The van der Waals surface area contributed by atoms with Crippen LogP contribution in [0.25, 0.3) is 0 Å². The number of carboxylic acids is 1. The van der Waals surface area contributed by atoms with Crippen molar-refractivity contribution in [3.8, 4) is 0 Å². The van der Waals surface area contributed by atoms with Crippen LogP contribution in [-0.2, 0) is 14.4 Å². The molecule has 3 unspecified atom stereocenters. The lowest BCUT2D eigenvalue weighted by Crippen LogP contribution is -2.53. The van der Waals surface area contributed by atoms with Crippen LogP contribution in [0.2, 0.25) is 0 Å². The van der Waals surface area contributed by atoms with E-state index in [1.54, 1.807) is 0 Å². The molecular formula is C11H19N3O4S. The third kappa shape index (κ3) is 3.84. The van der Waals surface area contributed by atoms with Gasteiger partial charge in [0, 0.05) is 12.3 Å².